The molecule has 1 aromatic rings. The van der Waals surface area contributed by atoms with Gasteiger partial charge in [0.15, 0.2) is 0 Å². The van der Waals surface area contributed by atoms with Crippen LogP contribution in [-0.2, 0) is 11.3 Å². The second-order valence-corrected chi connectivity index (χ2v) is 6.91. The molecule has 0 atom stereocenters. The molecule has 2 fully saturated rings. The Morgan fingerprint density at radius 2 is 1.95 bits per heavy atom. The minimum Gasteiger partial charge on any atom is -0.340 e. The van der Waals surface area contributed by atoms with Gasteiger partial charge < -0.3 is 4.90 Å². The molecule has 1 aromatic heterocycles. The normalized spacial score (nSPS) is 20.5. The molecule has 0 bridgehead atoms. The molecule has 0 N–H and O–H groups in total. The van der Waals surface area contributed by atoms with Crippen molar-refractivity contribution in [1.82, 2.24) is 14.8 Å². The number of amides is 1. The van der Waals surface area contributed by atoms with Crippen molar-refractivity contribution < 1.29 is 4.79 Å². The monoisotopic (exact) mass is 329 g/mol. The lowest BCUT2D eigenvalue weighted by molar-refractivity contribution is -0.137. The van der Waals surface area contributed by atoms with E-state index in [1.807, 2.05) is 6.92 Å². The van der Waals surface area contributed by atoms with E-state index in [1.165, 1.54) is 17.8 Å². The largest absolute Gasteiger partial charge is 0.340 e. The summed E-state index contributed by atoms with van der Waals surface area (Å²) < 4.78 is 0. The Morgan fingerprint density at radius 3 is 2.52 bits per heavy atom. The average Bonchev–Trinajstić information content (AvgIpc) is 3.11. The van der Waals surface area contributed by atoms with E-state index in [4.69, 9.17) is 0 Å². The van der Waals surface area contributed by atoms with Crippen molar-refractivity contribution in [2.45, 2.75) is 39.2 Å². The van der Waals surface area contributed by atoms with Gasteiger partial charge in [0.05, 0.1) is 6.54 Å². The van der Waals surface area contributed by atoms with Gasteiger partial charge in [-0.2, -0.15) is 0 Å². The highest BCUT2D eigenvalue weighted by atomic mass is 35.5. The molecule has 6 heteroatoms. The van der Waals surface area contributed by atoms with Gasteiger partial charge in [0.2, 0.25) is 5.91 Å². The number of carbonyl (C=O) groups excluding carboxylic acids is 1. The summed E-state index contributed by atoms with van der Waals surface area (Å²) in [4.78, 5) is 21.4. The van der Waals surface area contributed by atoms with Crippen molar-refractivity contribution in [3.8, 4) is 0 Å². The highest BCUT2D eigenvalue weighted by molar-refractivity contribution is 7.09. The van der Waals surface area contributed by atoms with Crippen LogP contribution in [-0.4, -0.2) is 46.9 Å². The van der Waals surface area contributed by atoms with E-state index in [-0.39, 0.29) is 12.4 Å². The number of halogens is 1. The smallest absolute Gasteiger partial charge is 0.225 e. The molecular formula is C15H24ClN3OS. The van der Waals surface area contributed by atoms with Gasteiger partial charge in [-0.15, -0.1) is 23.7 Å². The average molecular weight is 330 g/mol. The number of hydrogen-bond donors (Lipinski definition) is 0. The van der Waals surface area contributed by atoms with E-state index in [2.05, 4.69) is 20.2 Å². The van der Waals surface area contributed by atoms with Crippen molar-refractivity contribution in [2.24, 2.45) is 5.92 Å². The van der Waals surface area contributed by atoms with Crippen LogP contribution >= 0.6 is 23.7 Å². The molecule has 4 nitrogen and oxygen atoms in total. The summed E-state index contributed by atoms with van der Waals surface area (Å²) in [6.45, 7) is 6.72. The summed E-state index contributed by atoms with van der Waals surface area (Å²) in [6, 6.07) is 0. The van der Waals surface area contributed by atoms with Crippen LogP contribution in [0.4, 0.5) is 0 Å². The predicted octanol–water partition coefficient (Wildman–Crippen LogP) is 2.71. The summed E-state index contributed by atoms with van der Waals surface area (Å²) in [5, 5.41) is 3.30. The maximum absolute atomic E-state index is 12.4. The van der Waals surface area contributed by atoms with Crippen LogP contribution in [0.3, 0.4) is 0 Å². The molecular weight excluding hydrogens is 306 g/mol. The minimum atomic E-state index is 0. The lowest BCUT2D eigenvalue weighted by Gasteiger charge is -2.35. The summed E-state index contributed by atoms with van der Waals surface area (Å²) >= 11 is 1.74. The maximum atomic E-state index is 12.4. The van der Waals surface area contributed by atoms with Crippen molar-refractivity contribution in [3.05, 3.63) is 16.1 Å². The van der Waals surface area contributed by atoms with Gasteiger partial charge in [0.1, 0.15) is 5.01 Å². The number of nitrogens with zero attached hydrogens (tertiary/aromatic N) is 3. The first-order valence-electron chi connectivity index (χ1n) is 7.64. The summed E-state index contributed by atoms with van der Waals surface area (Å²) in [5.74, 6) is 0.732. The van der Waals surface area contributed by atoms with E-state index < -0.39 is 0 Å². The Balaban J connectivity index is 0.00000161. The lowest BCUT2D eigenvalue weighted by Crippen LogP contribution is -2.49. The first-order valence-corrected chi connectivity index (χ1v) is 8.52. The van der Waals surface area contributed by atoms with Crippen molar-refractivity contribution in [3.63, 3.8) is 0 Å². The van der Waals surface area contributed by atoms with E-state index >= 15 is 0 Å². The van der Waals surface area contributed by atoms with Gasteiger partial charge in [-0.25, -0.2) is 4.98 Å². The van der Waals surface area contributed by atoms with Crippen molar-refractivity contribution in [1.29, 1.82) is 0 Å². The number of thiazole rings is 1. The number of hydrogen-bond acceptors (Lipinski definition) is 4. The second-order valence-electron chi connectivity index (χ2n) is 5.97. The van der Waals surface area contributed by atoms with Crippen molar-refractivity contribution in [2.75, 3.05) is 26.2 Å². The Hall–Kier alpha value is -0.650. The highest BCUT2D eigenvalue weighted by Gasteiger charge is 2.29. The fourth-order valence-corrected chi connectivity index (χ4v) is 4.04. The van der Waals surface area contributed by atoms with Crippen molar-refractivity contribution >= 4 is 29.7 Å². The molecule has 1 saturated carbocycles. The molecule has 3 rings (SSSR count). The lowest BCUT2D eigenvalue weighted by atomic mass is 10.1. The van der Waals surface area contributed by atoms with Crippen LogP contribution in [0.15, 0.2) is 5.38 Å². The Bertz CT molecular complexity index is 465. The van der Waals surface area contributed by atoms with Crippen LogP contribution in [0.5, 0.6) is 0 Å². The molecule has 0 unspecified atom stereocenters. The van der Waals surface area contributed by atoms with E-state index in [0.717, 1.165) is 51.3 Å². The van der Waals surface area contributed by atoms with Crippen LogP contribution in [0.25, 0.3) is 0 Å². The summed E-state index contributed by atoms with van der Waals surface area (Å²) in [6.07, 6.45) is 4.69. The van der Waals surface area contributed by atoms with Crippen LogP contribution in [0, 0.1) is 12.8 Å². The minimum absolute atomic E-state index is 0. The SMILES string of the molecule is Cc1csc(CN2CCN(C(=O)C3CCCC3)CC2)n1.Cl. The Labute approximate surface area is 136 Å². The van der Waals surface area contributed by atoms with Crippen LogP contribution in [0.1, 0.15) is 36.4 Å². The predicted molar refractivity (Wildman–Crippen MR) is 87.9 cm³/mol. The molecule has 1 amide bonds. The Kier molecular flexibility index (Phi) is 6.02. The van der Waals surface area contributed by atoms with Gasteiger partial charge in [-0.3, -0.25) is 9.69 Å². The summed E-state index contributed by atoms with van der Waals surface area (Å²) in [7, 11) is 0. The highest BCUT2D eigenvalue weighted by Crippen LogP contribution is 2.27. The third-order valence-electron chi connectivity index (χ3n) is 4.41. The molecule has 0 radical (unpaired) electrons. The molecule has 1 aliphatic heterocycles. The topological polar surface area (TPSA) is 36.4 Å². The van der Waals surface area contributed by atoms with Gasteiger partial charge in [0, 0.05) is 43.2 Å². The fraction of sp³-hybridized carbons (Fsp3) is 0.733. The fourth-order valence-electron chi connectivity index (χ4n) is 3.22. The number of carbonyl (C=O) groups is 1. The standard InChI is InChI=1S/C15H23N3OS.ClH/c1-12-11-20-14(16-12)10-17-6-8-18(9-7-17)15(19)13-4-2-3-5-13;/h11,13H,2-10H2,1H3;1H. The van der Waals surface area contributed by atoms with Crippen LogP contribution < -0.4 is 0 Å². The molecule has 0 aromatic carbocycles. The van der Waals surface area contributed by atoms with Gasteiger partial charge in [-0.05, 0) is 19.8 Å². The third-order valence-corrected chi connectivity index (χ3v) is 5.37. The first kappa shape index (κ1) is 16.7. The number of aryl methyl sites for hydroxylation is 1. The number of piperazine rings is 1. The maximum Gasteiger partial charge on any atom is 0.225 e. The van der Waals surface area contributed by atoms with E-state index in [9.17, 15) is 4.79 Å². The molecule has 21 heavy (non-hydrogen) atoms. The van der Waals surface area contributed by atoms with Crippen LogP contribution in [0.2, 0.25) is 0 Å². The Morgan fingerprint density at radius 1 is 1.29 bits per heavy atom. The van der Waals surface area contributed by atoms with E-state index in [0.29, 0.717) is 11.8 Å². The molecule has 0 spiro atoms. The molecule has 118 valence electrons. The molecule has 2 aliphatic rings. The summed E-state index contributed by atoms with van der Waals surface area (Å²) in [5.41, 5.74) is 1.11. The number of aromatic nitrogens is 1. The zero-order valence-corrected chi connectivity index (χ0v) is 14.2. The van der Waals surface area contributed by atoms with Gasteiger partial charge in [0.25, 0.3) is 0 Å². The first-order chi connectivity index (χ1) is 9.72. The van der Waals surface area contributed by atoms with Gasteiger partial charge in [-0.1, -0.05) is 12.8 Å². The van der Waals surface area contributed by atoms with E-state index in [1.54, 1.807) is 11.3 Å². The quantitative estimate of drug-likeness (QED) is 0.855. The van der Waals surface area contributed by atoms with Gasteiger partial charge >= 0.3 is 0 Å². The molecule has 1 saturated heterocycles. The molecule has 2 heterocycles. The number of rotatable bonds is 3. The third kappa shape index (κ3) is 4.18. The second kappa shape index (κ2) is 7.56. The zero-order valence-electron chi connectivity index (χ0n) is 12.6. The zero-order chi connectivity index (χ0) is 13.9. The molecule has 1 aliphatic carbocycles.